The number of aliphatic hydroxyl groups is 1. The first-order valence-corrected chi connectivity index (χ1v) is 15.5. The lowest BCUT2D eigenvalue weighted by Gasteiger charge is -2.32. The summed E-state index contributed by atoms with van der Waals surface area (Å²) < 4.78 is 5.52. The van der Waals surface area contributed by atoms with E-state index in [2.05, 4.69) is 40.7 Å². The summed E-state index contributed by atoms with van der Waals surface area (Å²) in [6.07, 6.45) is 12.3. The van der Waals surface area contributed by atoms with Crippen LogP contribution < -0.4 is 15.4 Å². The van der Waals surface area contributed by atoms with E-state index in [1.165, 1.54) is 25.5 Å². The highest BCUT2D eigenvalue weighted by Gasteiger charge is 2.56. The van der Waals surface area contributed by atoms with E-state index in [4.69, 9.17) is 9.57 Å². The van der Waals surface area contributed by atoms with E-state index in [1.807, 2.05) is 0 Å². The SMILES string of the molecule is COc1ncc(C2=NOC3CC(CO)CC23)cc1C(=O)N[C@H]1[C@@H](C(=O)N[C@H](C)C2(C)CC2)[C@H]2CC[C@@H]1/C2=C\C1CC1. The van der Waals surface area contributed by atoms with Crippen molar-refractivity contribution < 1.29 is 24.3 Å². The van der Waals surface area contributed by atoms with Gasteiger partial charge in [-0.15, -0.1) is 0 Å². The van der Waals surface area contributed by atoms with Crippen molar-refractivity contribution in [1.29, 1.82) is 0 Å². The van der Waals surface area contributed by atoms with Gasteiger partial charge in [0.1, 0.15) is 11.7 Å². The van der Waals surface area contributed by atoms with Crippen molar-refractivity contribution in [3.8, 4) is 5.88 Å². The number of hydrogen-bond acceptors (Lipinski definition) is 7. The van der Waals surface area contributed by atoms with Crippen molar-refractivity contribution in [2.75, 3.05) is 13.7 Å². The first-order valence-electron chi connectivity index (χ1n) is 15.5. The minimum absolute atomic E-state index is 0.0493. The number of nitrogens with zero attached hydrogens (tertiary/aromatic N) is 2. The maximum atomic E-state index is 14.0. The van der Waals surface area contributed by atoms with E-state index in [9.17, 15) is 14.7 Å². The Hall–Kier alpha value is -2.94. The highest BCUT2D eigenvalue weighted by atomic mass is 16.6. The van der Waals surface area contributed by atoms with Crippen molar-refractivity contribution in [2.24, 2.45) is 46.1 Å². The summed E-state index contributed by atoms with van der Waals surface area (Å²) in [5, 5.41) is 20.6. The number of fused-ring (bicyclic) bond motifs is 3. The minimum Gasteiger partial charge on any atom is -0.480 e. The third-order valence-corrected chi connectivity index (χ3v) is 11.1. The molecule has 1 aromatic rings. The molecule has 3 unspecified atom stereocenters. The molecule has 3 N–H and O–H groups in total. The Morgan fingerprint density at radius 2 is 1.98 bits per heavy atom. The van der Waals surface area contributed by atoms with Crippen LogP contribution in [0.1, 0.15) is 81.1 Å². The molecule has 5 fully saturated rings. The molecule has 41 heavy (non-hydrogen) atoms. The molecular weight excluding hydrogens is 520 g/mol. The molecule has 220 valence electrons. The third-order valence-electron chi connectivity index (χ3n) is 11.1. The number of hydrogen-bond donors (Lipinski definition) is 3. The fourth-order valence-electron chi connectivity index (χ4n) is 7.93. The molecule has 0 spiro atoms. The standard InChI is InChI=1S/C32H42N4O5/c1-16(32(2)8-9-32)34-30(39)26-20-6-7-21(22(20)10-17-4-5-17)28(26)35-29(38)24-13-19(14-33-31(24)40-3)27-23-11-18(15-37)12-25(23)41-36-27/h10,13-14,16-18,20-21,23,25-26,28,37H,4-9,11-12,15H2,1-3H3,(H,34,39)(H,35,38)/b22-10-/t16-,18?,20+,21-,23?,25?,26+,28-/m1/s1. The van der Waals surface area contributed by atoms with E-state index in [-0.39, 0.29) is 77.5 Å². The number of nitrogens with one attached hydrogen (secondary N) is 2. The molecule has 9 nitrogen and oxygen atoms in total. The molecule has 5 aliphatic carbocycles. The van der Waals surface area contributed by atoms with Gasteiger partial charge in [-0.1, -0.05) is 23.7 Å². The summed E-state index contributed by atoms with van der Waals surface area (Å²) in [7, 11) is 1.51. The van der Waals surface area contributed by atoms with Crippen LogP contribution in [0.4, 0.5) is 0 Å². The second-order valence-electron chi connectivity index (χ2n) is 13.7. The van der Waals surface area contributed by atoms with Gasteiger partial charge in [-0.2, -0.15) is 0 Å². The monoisotopic (exact) mass is 562 g/mol. The number of pyridine rings is 1. The molecule has 0 radical (unpaired) electrons. The van der Waals surface area contributed by atoms with Crippen molar-refractivity contribution >= 4 is 17.5 Å². The van der Waals surface area contributed by atoms with Gasteiger partial charge in [0.25, 0.3) is 5.91 Å². The topological polar surface area (TPSA) is 122 Å². The van der Waals surface area contributed by atoms with E-state index >= 15 is 0 Å². The number of methoxy groups -OCH3 is 1. The lowest BCUT2D eigenvalue weighted by Crippen LogP contribution is -2.52. The predicted octanol–water partition coefficient (Wildman–Crippen LogP) is 3.61. The predicted molar refractivity (Wildman–Crippen MR) is 152 cm³/mol. The number of carbonyl (C=O) groups excluding carboxylic acids is 2. The number of rotatable bonds is 9. The summed E-state index contributed by atoms with van der Waals surface area (Å²) in [5.41, 5.74) is 3.39. The summed E-state index contributed by atoms with van der Waals surface area (Å²) in [6.45, 7) is 4.48. The van der Waals surface area contributed by atoms with Crippen LogP contribution >= 0.6 is 0 Å². The fourth-order valence-corrected chi connectivity index (χ4v) is 7.93. The van der Waals surface area contributed by atoms with Crippen LogP contribution in [0.3, 0.4) is 0 Å². The zero-order valence-electron chi connectivity index (χ0n) is 24.3. The number of ether oxygens (including phenoxy) is 1. The average molecular weight is 563 g/mol. The Morgan fingerprint density at radius 1 is 1.20 bits per heavy atom. The molecule has 2 amide bonds. The quantitative estimate of drug-likeness (QED) is 0.396. The molecule has 2 bridgehead atoms. The van der Waals surface area contributed by atoms with Gasteiger partial charge in [-0.05, 0) is 87.5 Å². The molecule has 0 saturated heterocycles. The van der Waals surface area contributed by atoms with Gasteiger partial charge in [0, 0.05) is 42.3 Å². The van der Waals surface area contributed by atoms with Crippen LogP contribution in [0.15, 0.2) is 29.1 Å². The summed E-state index contributed by atoms with van der Waals surface area (Å²) in [6, 6.07) is 1.63. The Morgan fingerprint density at radius 3 is 2.68 bits per heavy atom. The smallest absolute Gasteiger partial charge is 0.257 e. The molecule has 2 heterocycles. The Kier molecular flexibility index (Phi) is 6.64. The first-order chi connectivity index (χ1) is 19.8. The molecule has 8 atom stereocenters. The van der Waals surface area contributed by atoms with Crippen molar-refractivity contribution in [3.05, 3.63) is 35.0 Å². The Balaban J connectivity index is 1.15. The van der Waals surface area contributed by atoms with Crippen LogP contribution in [0.2, 0.25) is 0 Å². The fraction of sp³-hybridized carbons (Fsp3) is 0.688. The molecule has 9 heteroatoms. The highest BCUT2D eigenvalue weighted by molar-refractivity contribution is 6.06. The van der Waals surface area contributed by atoms with Crippen LogP contribution in [0.25, 0.3) is 0 Å². The molecule has 1 aromatic heterocycles. The normalized spacial score (nSPS) is 36.0. The summed E-state index contributed by atoms with van der Waals surface area (Å²) >= 11 is 0. The third kappa shape index (κ3) is 4.74. The van der Waals surface area contributed by atoms with Crippen LogP contribution in [0.5, 0.6) is 5.88 Å². The van der Waals surface area contributed by atoms with Gasteiger partial charge in [0.2, 0.25) is 11.8 Å². The number of carbonyl (C=O) groups is 2. The van der Waals surface area contributed by atoms with Gasteiger partial charge in [-0.25, -0.2) is 4.98 Å². The number of amides is 2. The number of oxime groups is 1. The maximum absolute atomic E-state index is 14.0. The highest BCUT2D eigenvalue weighted by Crippen LogP contribution is 2.55. The number of aromatic nitrogens is 1. The summed E-state index contributed by atoms with van der Waals surface area (Å²) in [4.78, 5) is 38.0. The molecule has 7 rings (SSSR count). The van der Waals surface area contributed by atoms with Gasteiger partial charge in [0.15, 0.2) is 0 Å². The second-order valence-corrected chi connectivity index (χ2v) is 13.7. The van der Waals surface area contributed by atoms with Crippen LogP contribution in [-0.4, -0.2) is 59.5 Å². The van der Waals surface area contributed by atoms with E-state index in [1.54, 1.807) is 12.3 Å². The average Bonchev–Trinajstić information content (AvgIpc) is 3.76. The molecule has 0 aromatic carbocycles. The van der Waals surface area contributed by atoms with Crippen LogP contribution in [-0.2, 0) is 9.63 Å². The van der Waals surface area contributed by atoms with Crippen LogP contribution in [0, 0.1) is 40.9 Å². The first kappa shape index (κ1) is 26.9. The van der Waals surface area contributed by atoms with E-state index in [0.717, 1.165) is 49.8 Å². The second kappa shape index (κ2) is 10.1. The Bertz CT molecular complexity index is 1300. The number of aliphatic hydroxyl groups excluding tert-OH is 1. The van der Waals surface area contributed by atoms with Crippen molar-refractivity contribution in [3.63, 3.8) is 0 Å². The largest absolute Gasteiger partial charge is 0.480 e. The lowest BCUT2D eigenvalue weighted by molar-refractivity contribution is -0.128. The zero-order chi connectivity index (χ0) is 28.5. The van der Waals surface area contributed by atoms with Crippen molar-refractivity contribution in [2.45, 2.75) is 83.4 Å². The van der Waals surface area contributed by atoms with Gasteiger partial charge < -0.3 is 25.3 Å². The summed E-state index contributed by atoms with van der Waals surface area (Å²) in [5.74, 6) is 0.984. The van der Waals surface area contributed by atoms with Gasteiger partial charge >= 0.3 is 0 Å². The van der Waals surface area contributed by atoms with E-state index in [0.29, 0.717) is 11.5 Å². The lowest BCUT2D eigenvalue weighted by atomic mass is 9.83. The van der Waals surface area contributed by atoms with Gasteiger partial charge in [-0.3, -0.25) is 9.59 Å². The van der Waals surface area contributed by atoms with Crippen molar-refractivity contribution in [1.82, 2.24) is 15.6 Å². The van der Waals surface area contributed by atoms with Gasteiger partial charge in [0.05, 0.1) is 18.7 Å². The van der Waals surface area contributed by atoms with E-state index < -0.39 is 0 Å². The Labute approximate surface area is 241 Å². The minimum atomic E-state index is -0.282. The molecule has 5 saturated carbocycles. The molecular formula is C32H42N4O5. The molecule has 6 aliphatic rings. The molecule has 1 aliphatic heterocycles. The zero-order valence-corrected chi connectivity index (χ0v) is 24.3. The maximum Gasteiger partial charge on any atom is 0.257 e. The number of allylic oxidation sites excluding steroid dienone is 1.